The van der Waals surface area contributed by atoms with Gasteiger partial charge in [-0.25, -0.2) is 4.79 Å². The highest BCUT2D eigenvalue weighted by atomic mass is 16.5. The van der Waals surface area contributed by atoms with Crippen LogP contribution in [0.25, 0.3) is 0 Å². The molecule has 3 heteroatoms. The van der Waals surface area contributed by atoms with Crippen molar-refractivity contribution in [2.75, 3.05) is 6.61 Å². The highest BCUT2D eigenvalue weighted by molar-refractivity contribution is 5.67. The van der Waals surface area contributed by atoms with Crippen molar-refractivity contribution >= 4 is 6.09 Å². The lowest BCUT2D eigenvalue weighted by atomic mass is 9.68. The Balaban J connectivity index is 2.14. The van der Waals surface area contributed by atoms with Gasteiger partial charge in [0.2, 0.25) is 0 Å². The number of ether oxygens (including phenoxy) is 1. The van der Waals surface area contributed by atoms with Gasteiger partial charge in [0.05, 0.1) is 6.61 Å². The minimum Gasteiger partial charge on any atom is -0.450 e. The number of nitrogens with one attached hydrogen (secondary N) is 1. The van der Waals surface area contributed by atoms with Crippen LogP contribution in [0.15, 0.2) is 0 Å². The van der Waals surface area contributed by atoms with Crippen molar-refractivity contribution in [1.82, 2.24) is 5.32 Å². The fraction of sp³-hybridized carbons (Fsp3) is 0.889. The van der Waals surface area contributed by atoms with E-state index in [1.54, 1.807) is 0 Å². The van der Waals surface area contributed by atoms with Crippen molar-refractivity contribution in [3.05, 3.63) is 0 Å². The zero-order chi connectivity index (χ0) is 9.19. The first-order chi connectivity index (χ1) is 5.53. The van der Waals surface area contributed by atoms with E-state index in [1.165, 1.54) is 0 Å². The molecule has 70 valence electrons. The third kappa shape index (κ3) is 2.40. The van der Waals surface area contributed by atoms with Gasteiger partial charge in [-0.05, 0) is 25.2 Å². The molecular weight excluding hydrogens is 154 g/mol. The molecular formula is C9H17NO2. The fourth-order valence-corrected chi connectivity index (χ4v) is 1.72. The van der Waals surface area contributed by atoms with E-state index < -0.39 is 0 Å². The first-order valence-corrected chi connectivity index (χ1v) is 4.47. The number of amides is 1. The molecule has 0 radical (unpaired) electrons. The summed E-state index contributed by atoms with van der Waals surface area (Å²) < 4.78 is 4.77. The van der Waals surface area contributed by atoms with E-state index in [-0.39, 0.29) is 6.09 Å². The van der Waals surface area contributed by atoms with Crippen molar-refractivity contribution in [2.45, 2.75) is 39.7 Å². The first kappa shape index (κ1) is 9.36. The second-order valence-electron chi connectivity index (χ2n) is 4.13. The van der Waals surface area contributed by atoms with Crippen LogP contribution in [0, 0.1) is 5.41 Å². The van der Waals surface area contributed by atoms with E-state index in [0.29, 0.717) is 18.1 Å². The average molecular weight is 171 g/mol. The van der Waals surface area contributed by atoms with E-state index >= 15 is 0 Å². The summed E-state index contributed by atoms with van der Waals surface area (Å²) in [5.41, 5.74) is 0.407. The van der Waals surface area contributed by atoms with Crippen LogP contribution in [0.4, 0.5) is 4.79 Å². The molecule has 1 amide bonds. The maximum atomic E-state index is 10.9. The topological polar surface area (TPSA) is 38.3 Å². The Bertz CT molecular complexity index is 169. The summed E-state index contributed by atoms with van der Waals surface area (Å²) in [6, 6.07) is 0.332. The first-order valence-electron chi connectivity index (χ1n) is 4.47. The van der Waals surface area contributed by atoms with Crippen LogP contribution < -0.4 is 5.32 Å². The van der Waals surface area contributed by atoms with Crippen molar-refractivity contribution in [3.63, 3.8) is 0 Å². The maximum Gasteiger partial charge on any atom is 0.407 e. The number of alkyl carbamates (subject to hydrolysis) is 1. The number of carbonyl (C=O) groups is 1. The lowest BCUT2D eigenvalue weighted by Crippen LogP contribution is -2.48. The summed E-state index contributed by atoms with van der Waals surface area (Å²) in [5.74, 6) is 0. The van der Waals surface area contributed by atoms with Crippen molar-refractivity contribution in [1.29, 1.82) is 0 Å². The van der Waals surface area contributed by atoms with Gasteiger partial charge in [0.1, 0.15) is 0 Å². The Labute approximate surface area is 73.5 Å². The van der Waals surface area contributed by atoms with Crippen molar-refractivity contribution in [3.8, 4) is 0 Å². The quantitative estimate of drug-likeness (QED) is 0.689. The molecule has 3 nitrogen and oxygen atoms in total. The van der Waals surface area contributed by atoms with Gasteiger partial charge >= 0.3 is 6.09 Å². The van der Waals surface area contributed by atoms with E-state index in [9.17, 15) is 4.79 Å². The third-order valence-electron chi connectivity index (χ3n) is 2.20. The van der Waals surface area contributed by atoms with Gasteiger partial charge in [-0.2, -0.15) is 0 Å². The number of rotatable bonds is 2. The van der Waals surface area contributed by atoms with Crippen LogP contribution in [-0.2, 0) is 4.74 Å². The zero-order valence-electron chi connectivity index (χ0n) is 8.02. The predicted octanol–water partition coefficient (Wildman–Crippen LogP) is 1.92. The highest BCUT2D eigenvalue weighted by Gasteiger charge is 2.36. The number of carbonyl (C=O) groups excluding carboxylic acids is 1. The van der Waals surface area contributed by atoms with Gasteiger partial charge in [0.15, 0.2) is 0 Å². The molecule has 1 fully saturated rings. The third-order valence-corrected chi connectivity index (χ3v) is 2.20. The molecule has 0 heterocycles. The van der Waals surface area contributed by atoms with Crippen molar-refractivity contribution < 1.29 is 9.53 Å². The van der Waals surface area contributed by atoms with Gasteiger partial charge in [-0.3, -0.25) is 0 Å². The van der Waals surface area contributed by atoms with Crippen LogP contribution in [-0.4, -0.2) is 18.7 Å². The molecule has 0 aromatic carbocycles. The standard InChI is InChI=1S/C9H17NO2/c1-4-12-8(11)10-7-5-9(2,3)6-7/h7H,4-6H2,1-3H3,(H,10,11). The van der Waals surface area contributed by atoms with E-state index in [4.69, 9.17) is 4.74 Å². The highest BCUT2D eigenvalue weighted by Crippen LogP contribution is 2.39. The molecule has 0 aromatic rings. The molecule has 1 N–H and O–H groups in total. The molecule has 1 aliphatic rings. The lowest BCUT2D eigenvalue weighted by molar-refractivity contribution is 0.102. The zero-order valence-corrected chi connectivity index (χ0v) is 8.02. The molecule has 1 aliphatic carbocycles. The van der Waals surface area contributed by atoms with Crippen molar-refractivity contribution in [2.24, 2.45) is 5.41 Å². The maximum absolute atomic E-state index is 10.9. The summed E-state index contributed by atoms with van der Waals surface area (Å²) in [6.07, 6.45) is 1.84. The predicted molar refractivity (Wildman–Crippen MR) is 47.0 cm³/mol. The number of hydrogen-bond donors (Lipinski definition) is 1. The summed E-state index contributed by atoms with van der Waals surface area (Å²) in [6.45, 7) is 6.67. The van der Waals surface area contributed by atoms with E-state index in [0.717, 1.165) is 12.8 Å². The summed E-state index contributed by atoms with van der Waals surface area (Å²) in [5, 5.41) is 2.81. The monoisotopic (exact) mass is 171 g/mol. The SMILES string of the molecule is CCOC(=O)NC1CC(C)(C)C1. The second-order valence-corrected chi connectivity index (χ2v) is 4.13. The molecule has 1 rings (SSSR count). The molecule has 1 saturated carbocycles. The molecule has 0 bridgehead atoms. The number of hydrogen-bond acceptors (Lipinski definition) is 2. The molecule has 12 heavy (non-hydrogen) atoms. The Morgan fingerprint density at radius 1 is 1.58 bits per heavy atom. The Morgan fingerprint density at radius 2 is 2.17 bits per heavy atom. The second kappa shape index (κ2) is 3.33. The minimum atomic E-state index is -0.280. The molecule has 0 saturated heterocycles. The summed E-state index contributed by atoms with van der Waals surface area (Å²) in [7, 11) is 0. The Morgan fingerprint density at radius 3 is 2.58 bits per heavy atom. The smallest absolute Gasteiger partial charge is 0.407 e. The largest absolute Gasteiger partial charge is 0.450 e. The van der Waals surface area contributed by atoms with Gasteiger partial charge in [0, 0.05) is 6.04 Å². The normalized spacial score (nSPS) is 21.2. The fourth-order valence-electron chi connectivity index (χ4n) is 1.72. The lowest BCUT2D eigenvalue weighted by Gasteiger charge is -2.42. The van der Waals surface area contributed by atoms with Gasteiger partial charge < -0.3 is 10.1 Å². The van der Waals surface area contributed by atoms with Crippen LogP contribution in [0.5, 0.6) is 0 Å². The Kier molecular flexibility index (Phi) is 2.60. The summed E-state index contributed by atoms with van der Waals surface area (Å²) in [4.78, 5) is 10.9. The molecule has 0 aliphatic heterocycles. The minimum absolute atomic E-state index is 0.280. The molecule has 0 atom stereocenters. The molecule has 0 spiro atoms. The average Bonchev–Trinajstić information content (AvgIpc) is 1.83. The van der Waals surface area contributed by atoms with Gasteiger partial charge in [0.25, 0.3) is 0 Å². The van der Waals surface area contributed by atoms with Gasteiger partial charge in [-0.15, -0.1) is 0 Å². The van der Waals surface area contributed by atoms with Crippen LogP contribution in [0.1, 0.15) is 33.6 Å². The van der Waals surface area contributed by atoms with Crippen LogP contribution in [0.2, 0.25) is 0 Å². The van der Waals surface area contributed by atoms with E-state index in [2.05, 4.69) is 19.2 Å². The van der Waals surface area contributed by atoms with E-state index in [1.807, 2.05) is 6.92 Å². The molecule has 0 unspecified atom stereocenters. The summed E-state index contributed by atoms with van der Waals surface area (Å²) >= 11 is 0. The molecule has 0 aromatic heterocycles. The Hall–Kier alpha value is -0.730. The van der Waals surface area contributed by atoms with Crippen LogP contribution >= 0.6 is 0 Å². The van der Waals surface area contributed by atoms with Crippen LogP contribution in [0.3, 0.4) is 0 Å². The van der Waals surface area contributed by atoms with Gasteiger partial charge in [-0.1, -0.05) is 13.8 Å².